The van der Waals surface area contributed by atoms with Crippen molar-refractivity contribution in [2.45, 2.75) is 20.5 Å². The Bertz CT molecular complexity index is 951. The van der Waals surface area contributed by atoms with Gasteiger partial charge in [0.1, 0.15) is 6.61 Å². The monoisotopic (exact) mass is 349 g/mol. The maximum atomic E-state index is 12.7. The van der Waals surface area contributed by atoms with Crippen LogP contribution in [0.4, 0.5) is 0 Å². The number of hydrogen-bond donors (Lipinski definition) is 0. The highest BCUT2D eigenvalue weighted by molar-refractivity contribution is 6.07. The summed E-state index contributed by atoms with van der Waals surface area (Å²) in [5.74, 6) is -0.914. The summed E-state index contributed by atoms with van der Waals surface area (Å²) in [6, 6.07) is 17.2. The average molecular weight is 349 g/mol. The number of fused-ring (bicyclic) bond motifs is 1. The van der Waals surface area contributed by atoms with Gasteiger partial charge in [-0.2, -0.15) is 0 Å². The highest BCUT2D eigenvalue weighted by Crippen LogP contribution is 2.34. The van der Waals surface area contributed by atoms with Gasteiger partial charge < -0.3 is 9.47 Å². The van der Waals surface area contributed by atoms with Crippen LogP contribution in [0.3, 0.4) is 0 Å². The van der Waals surface area contributed by atoms with E-state index in [1.54, 1.807) is 6.92 Å². The van der Waals surface area contributed by atoms with Gasteiger partial charge in [-0.1, -0.05) is 48.5 Å². The fourth-order valence-corrected chi connectivity index (χ4v) is 2.87. The molecule has 0 atom stereocenters. The van der Waals surface area contributed by atoms with Crippen molar-refractivity contribution in [2.75, 3.05) is 6.61 Å². The number of carbonyl (C=O) groups is 2. The SMILES string of the molecule is CCOC(=O)c1c(COC(C)=O)nc2ccccc2c1-c1ccccc1. The Kier molecular flexibility index (Phi) is 5.27. The first-order valence-electron chi connectivity index (χ1n) is 8.39. The summed E-state index contributed by atoms with van der Waals surface area (Å²) in [7, 11) is 0. The number of carbonyl (C=O) groups excluding carboxylic acids is 2. The summed E-state index contributed by atoms with van der Waals surface area (Å²) < 4.78 is 10.4. The van der Waals surface area contributed by atoms with Gasteiger partial charge in [-0.25, -0.2) is 9.78 Å². The second kappa shape index (κ2) is 7.78. The van der Waals surface area contributed by atoms with Gasteiger partial charge in [-0.3, -0.25) is 4.79 Å². The van der Waals surface area contributed by atoms with Crippen molar-refractivity contribution in [3.8, 4) is 11.1 Å². The number of hydrogen-bond acceptors (Lipinski definition) is 5. The van der Waals surface area contributed by atoms with E-state index in [0.29, 0.717) is 11.3 Å². The summed E-state index contributed by atoms with van der Waals surface area (Å²) in [5.41, 5.74) is 3.05. The first-order chi connectivity index (χ1) is 12.6. The Morgan fingerprint density at radius 2 is 1.65 bits per heavy atom. The lowest BCUT2D eigenvalue weighted by atomic mass is 9.94. The first kappa shape index (κ1) is 17.6. The summed E-state index contributed by atoms with van der Waals surface area (Å²) in [6.45, 7) is 3.23. The minimum atomic E-state index is -0.480. The van der Waals surface area contributed by atoms with Crippen LogP contribution in [0.15, 0.2) is 54.6 Å². The first-order valence-corrected chi connectivity index (χ1v) is 8.39. The molecule has 0 radical (unpaired) electrons. The summed E-state index contributed by atoms with van der Waals surface area (Å²) in [6.07, 6.45) is 0. The lowest BCUT2D eigenvalue weighted by Gasteiger charge is -2.16. The third kappa shape index (κ3) is 3.57. The number of benzene rings is 2. The largest absolute Gasteiger partial charge is 0.462 e. The molecule has 26 heavy (non-hydrogen) atoms. The lowest BCUT2D eigenvalue weighted by molar-refractivity contribution is -0.142. The maximum absolute atomic E-state index is 12.7. The highest BCUT2D eigenvalue weighted by Gasteiger charge is 2.23. The van der Waals surface area contributed by atoms with Crippen molar-refractivity contribution in [2.24, 2.45) is 0 Å². The van der Waals surface area contributed by atoms with E-state index in [0.717, 1.165) is 22.0 Å². The van der Waals surface area contributed by atoms with E-state index < -0.39 is 11.9 Å². The number of aromatic nitrogens is 1. The summed E-state index contributed by atoms with van der Waals surface area (Å²) >= 11 is 0. The molecule has 0 unspecified atom stereocenters. The van der Waals surface area contributed by atoms with Gasteiger partial charge in [0.15, 0.2) is 0 Å². The third-order valence-electron chi connectivity index (χ3n) is 3.92. The summed E-state index contributed by atoms with van der Waals surface area (Å²) in [5, 5.41) is 0.841. The molecule has 0 fully saturated rings. The molecule has 3 rings (SSSR count). The normalized spacial score (nSPS) is 10.5. The zero-order valence-corrected chi connectivity index (χ0v) is 14.7. The van der Waals surface area contributed by atoms with Gasteiger partial charge in [0.05, 0.1) is 23.4 Å². The van der Waals surface area contributed by atoms with Crippen LogP contribution >= 0.6 is 0 Å². The quantitative estimate of drug-likeness (QED) is 0.648. The van der Waals surface area contributed by atoms with Crippen LogP contribution < -0.4 is 0 Å². The van der Waals surface area contributed by atoms with Gasteiger partial charge in [0.25, 0.3) is 0 Å². The number of ether oxygens (including phenoxy) is 2. The molecule has 0 bridgehead atoms. The molecule has 132 valence electrons. The van der Waals surface area contributed by atoms with Crippen LogP contribution in [-0.4, -0.2) is 23.5 Å². The molecule has 5 heteroatoms. The molecular weight excluding hydrogens is 330 g/mol. The van der Waals surface area contributed by atoms with E-state index >= 15 is 0 Å². The Hall–Kier alpha value is -3.21. The minimum Gasteiger partial charge on any atom is -0.462 e. The molecule has 2 aromatic carbocycles. The van der Waals surface area contributed by atoms with Gasteiger partial charge in [0, 0.05) is 17.9 Å². The van der Waals surface area contributed by atoms with Crippen molar-refractivity contribution >= 4 is 22.8 Å². The molecule has 0 saturated heterocycles. The molecule has 0 saturated carbocycles. The highest BCUT2D eigenvalue weighted by atomic mass is 16.5. The molecule has 1 aromatic heterocycles. The number of esters is 2. The van der Waals surface area contributed by atoms with Crippen molar-refractivity contribution < 1.29 is 19.1 Å². The molecule has 0 aliphatic heterocycles. The maximum Gasteiger partial charge on any atom is 0.340 e. The molecule has 0 spiro atoms. The van der Waals surface area contributed by atoms with Crippen LogP contribution in [0.1, 0.15) is 29.9 Å². The number of pyridine rings is 1. The molecule has 1 heterocycles. The smallest absolute Gasteiger partial charge is 0.340 e. The average Bonchev–Trinajstić information content (AvgIpc) is 2.66. The van der Waals surface area contributed by atoms with E-state index in [1.165, 1.54) is 6.92 Å². The van der Waals surface area contributed by atoms with Crippen molar-refractivity contribution in [3.05, 3.63) is 65.9 Å². The van der Waals surface area contributed by atoms with E-state index in [2.05, 4.69) is 4.98 Å². The fourth-order valence-electron chi connectivity index (χ4n) is 2.87. The van der Waals surface area contributed by atoms with E-state index in [4.69, 9.17) is 9.47 Å². The van der Waals surface area contributed by atoms with E-state index in [9.17, 15) is 9.59 Å². The molecule has 3 aromatic rings. The van der Waals surface area contributed by atoms with Gasteiger partial charge in [-0.05, 0) is 18.6 Å². The number of rotatable bonds is 5. The predicted molar refractivity (Wildman–Crippen MR) is 98.6 cm³/mol. The topological polar surface area (TPSA) is 65.5 Å². The lowest BCUT2D eigenvalue weighted by Crippen LogP contribution is -2.14. The third-order valence-corrected chi connectivity index (χ3v) is 3.92. The molecule has 5 nitrogen and oxygen atoms in total. The Labute approximate surface area is 151 Å². The van der Waals surface area contributed by atoms with Crippen LogP contribution in [-0.2, 0) is 20.9 Å². The molecule has 0 aliphatic carbocycles. The minimum absolute atomic E-state index is 0.0891. The van der Waals surface area contributed by atoms with Crippen LogP contribution in [0, 0.1) is 0 Å². The van der Waals surface area contributed by atoms with Crippen LogP contribution in [0.25, 0.3) is 22.0 Å². The van der Waals surface area contributed by atoms with E-state index in [-0.39, 0.29) is 13.2 Å². The van der Waals surface area contributed by atoms with Crippen molar-refractivity contribution in [3.63, 3.8) is 0 Å². The van der Waals surface area contributed by atoms with Gasteiger partial charge >= 0.3 is 11.9 Å². The number of para-hydroxylation sites is 1. The second-order valence-corrected chi connectivity index (χ2v) is 5.69. The molecular formula is C21H19NO4. The van der Waals surface area contributed by atoms with Crippen molar-refractivity contribution in [1.82, 2.24) is 4.98 Å². The standard InChI is InChI=1S/C21H19NO4/c1-3-25-21(24)20-18(13-26-14(2)23)22-17-12-8-7-11-16(17)19(20)15-9-5-4-6-10-15/h4-12H,3,13H2,1-2H3. The predicted octanol–water partition coefficient (Wildman–Crippen LogP) is 4.14. The second-order valence-electron chi connectivity index (χ2n) is 5.69. The zero-order valence-electron chi connectivity index (χ0n) is 14.7. The number of nitrogens with zero attached hydrogens (tertiary/aromatic N) is 1. The zero-order chi connectivity index (χ0) is 18.5. The van der Waals surface area contributed by atoms with Crippen LogP contribution in [0.5, 0.6) is 0 Å². The summed E-state index contributed by atoms with van der Waals surface area (Å²) in [4.78, 5) is 28.6. The van der Waals surface area contributed by atoms with E-state index in [1.807, 2.05) is 54.6 Å². The fraction of sp³-hybridized carbons (Fsp3) is 0.190. The van der Waals surface area contributed by atoms with Gasteiger partial charge in [-0.15, -0.1) is 0 Å². The van der Waals surface area contributed by atoms with Crippen molar-refractivity contribution in [1.29, 1.82) is 0 Å². The molecule has 0 N–H and O–H groups in total. The molecule has 0 aliphatic rings. The Morgan fingerprint density at radius 1 is 0.962 bits per heavy atom. The van der Waals surface area contributed by atoms with Gasteiger partial charge in [0.2, 0.25) is 0 Å². The Morgan fingerprint density at radius 3 is 2.35 bits per heavy atom. The van der Waals surface area contributed by atoms with Crippen LogP contribution in [0.2, 0.25) is 0 Å². The Balaban J connectivity index is 2.33. The molecule has 0 amide bonds.